The first-order valence-electron chi connectivity index (χ1n) is 10.3. The van der Waals surface area contributed by atoms with Gasteiger partial charge in [0.25, 0.3) is 0 Å². The minimum atomic E-state index is -3.40. The van der Waals surface area contributed by atoms with Gasteiger partial charge in [0.1, 0.15) is 0 Å². The zero-order chi connectivity index (χ0) is 19.4. The molecule has 1 aliphatic carbocycles. The summed E-state index contributed by atoms with van der Waals surface area (Å²) in [4.78, 5) is 14.9. The maximum atomic E-state index is 12.8. The van der Waals surface area contributed by atoms with Gasteiger partial charge in [-0.3, -0.25) is 4.79 Å². The number of benzene rings is 1. The lowest BCUT2D eigenvalue weighted by Crippen LogP contribution is -2.38. The van der Waals surface area contributed by atoms with Gasteiger partial charge >= 0.3 is 0 Å². The van der Waals surface area contributed by atoms with Crippen LogP contribution in [0.4, 0.5) is 0 Å². The van der Waals surface area contributed by atoms with E-state index >= 15 is 0 Å². The average Bonchev–Trinajstić information content (AvgIpc) is 3.47. The van der Waals surface area contributed by atoms with E-state index < -0.39 is 10.0 Å². The van der Waals surface area contributed by atoms with Crippen molar-refractivity contribution in [3.63, 3.8) is 0 Å². The molecule has 1 saturated heterocycles. The Morgan fingerprint density at radius 1 is 1.07 bits per heavy atom. The standard InChI is InChI=1S/C21H32N2O3S/c1-17(2)23(19-10-11-19)21(24)14-9-18-7-12-20(13-8-18)27(25,26)22-15-5-3-4-6-16-22/h7-8,12-13,17,19H,3-6,9-11,14-16H2,1-2H3. The lowest BCUT2D eigenvalue weighted by Gasteiger charge is -2.26. The van der Waals surface area contributed by atoms with Crippen LogP contribution in [0.25, 0.3) is 0 Å². The highest BCUT2D eigenvalue weighted by molar-refractivity contribution is 7.89. The van der Waals surface area contributed by atoms with Crippen molar-refractivity contribution in [1.29, 1.82) is 0 Å². The van der Waals surface area contributed by atoms with E-state index in [-0.39, 0.29) is 11.9 Å². The van der Waals surface area contributed by atoms with E-state index in [0.717, 1.165) is 44.1 Å². The van der Waals surface area contributed by atoms with Gasteiger partial charge in [-0.2, -0.15) is 4.31 Å². The minimum absolute atomic E-state index is 0.203. The van der Waals surface area contributed by atoms with Crippen LogP contribution in [0.3, 0.4) is 0 Å². The van der Waals surface area contributed by atoms with Crippen LogP contribution in [0, 0.1) is 0 Å². The van der Waals surface area contributed by atoms with Crippen molar-refractivity contribution < 1.29 is 13.2 Å². The molecule has 150 valence electrons. The molecule has 0 N–H and O–H groups in total. The first kappa shape index (κ1) is 20.3. The predicted molar refractivity (Wildman–Crippen MR) is 107 cm³/mol. The van der Waals surface area contributed by atoms with Crippen LogP contribution in [0.5, 0.6) is 0 Å². The molecule has 0 unspecified atom stereocenters. The van der Waals surface area contributed by atoms with Crippen molar-refractivity contribution in [3.8, 4) is 0 Å². The number of hydrogen-bond acceptors (Lipinski definition) is 3. The molecule has 0 atom stereocenters. The fraction of sp³-hybridized carbons (Fsp3) is 0.667. The van der Waals surface area contributed by atoms with Crippen molar-refractivity contribution in [1.82, 2.24) is 9.21 Å². The van der Waals surface area contributed by atoms with E-state index in [9.17, 15) is 13.2 Å². The van der Waals surface area contributed by atoms with Crippen molar-refractivity contribution >= 4 is 15.9 Å². The number of sulfonamides is 1. The maximum Gasteiger partial charge on any atom is 0.243 e. The monoisotopic (exact) mass is 392 g/mol. The van der Waals surface area contributed by atoms with E-state index in [0.29, 0.717) is 36.9 Å². The van der Waals surface area contributed by atoms with Crippen LogP contribution in [-0.2, 0) is 21.2 Å². The third kappa shape index (κ3) is 5.11. The molecule has 2 aliphatic rings. The van der Waals surface area contributed by atoms with Gasteiger partial charge in [-0.05, 0) is 63.6 Å². The predicted octanol–water partition coefficient (Wildman–Crippen LogP) is 3.58. The fourth-order valence-electron chi connectivity index (χ4n) is 3.91. The summed E-state index contributed by atoms with van der Waals surface area (Å²) in [7, 11) is -3.40. The zero-order valence-electron chi connectivity index (χ0n) is 16.6. The third-order valence-electron chi connectivity index (χ3n) is 5.54. The van der Waals surface area contributed by atoms with Crippen LogP contribution in [0.15, 0.2) is 29.2 Å². The molecule has 2 fully saturated rings. The SMILES string of the molecule is CC(C)N(C(=O)CCc1ccc(S(=O)(=O)N2CCCCCC2)cc1)C1CC1. The number of amides is 1. The molecule has 6 heteroatoms. The van der Waals surface area contributed by atoms with Crippen LogP contribution >= 0.6 is 0 Å². The molecular formula is C21H32N2O3S. The Labute approximate surface area is 163 Å². The number of hydrogen-bond donors (Lipinski definition) is 0. The second kappa shape index (κ2) is 8.74. The highest BCUT2D eigenvalue weighted by Crippen LogP contribution is 2.29. The van der Waals surface area contributed by atoms with Gasteiger partial charge in [-0.25, -0.2) is 8.42 Å². The summed E-state index contributed by atoms with van der Waals surface area (Å²) in [5.41, 5.74) is 1.01. The number of carbonyl (C=O) groups excluding carboxylic acids is 1. The third-order valence-corrected chi connectivity index (χ3v) is 7.45. The Morgan fingerprint density at radius 3 is 2.19 bits per heavy atom. The molecular weight excluding hydrogens is 360 g/mol. The van der Waals surface area contributed by atoms with Crippen LogP contribution in [0.2, 0.25) is 0 Å². The van der Waals surface area contributed by atoms with Crippen LogP contribution in [-0.4, -0.2) is 48.7 Å². The first-order chi connectivity index (χ1) is 12.9. The largest absolute Gasteiger partial charge is 0.337 e. The lowest BCUT2D eigenvalue weighted by molar-refractivity contribution is -0.133. The van der Waals surface area contributed by atoms with E-state index in [1.54, 1.807) is 16.4 Å². The van der Waals surface area contributed by atoms with Crippen molar-refractivity contribution in [2.45, 2.75) is 82.2 Å². The number of carbonyl (C=O) groups is 1. The molecule has 0 aromatic heterocycles. The molecule has 1 aromatic rings. The van der Waals surface area contributed by atoms with Crippen molar-refractivity contribution in [2.75, 3.05) is 13.1 Å². The fourth-order valence-corrected chi connectivity index (χ4v) is 5.42. The van der Waals surface area contributed by atoms with E-state index in [2.05, 4.69) is 13.8 Å². The average molecular weight is 393 g/mol. The molecule has 0 bridgehead atoms. The van der Waals surface area contributed by atoms with E-state index in [1.807, 2.05) is 17.0 Å². The molecule has 0 radical (unpaired) electrons. The van der Waals surface area contributed by atoms with Gasteiger partial charge in [0.2, 0.25) is 15.9 Å². The zero-order valence-corrected chi connectivity index (χ0v) is 17.4. The van der Waals surface area contributed by atoms with Gasteiger partial charge in [-0.1, -0.05) is 25.0 Å². The van der Waals surface area contributed by atoms with Crippen molar-refractivity contribution in [2.24, 2.45) is 0 Å². The molecule has 1 saturated carbocycles. The van der Waals surface area contributed by atoms with E-state index in [4.69, 9.17) is 0 Å². The Hall–Kier alpha value is -1.40. The number of aryl methyl sites for hydroxylation is 1. The summed E-state index contributed by atoms with van der Waals surface area (Å²) >= 11 is 0. The molecule has 0 spiro atoms. The molecule has 1 aromatic carbocycles. The normalized spacial score (nSPS) is 19.1. The quantitative estimate of drug-likeness (QED) is 0.713. The van der Waals surface area contributed by atoms with Gasteiger partial charge in [0.05, 0.1) is 4.90 Å². The summed E-state index contributed by atoms with van der Waals surface area (Å²) in [5.74, 6) is 0.203. The molecule has 5 nitrogen and oxygen atoms in total. The van der Waals surface area contributed by atoms with Gasteiger partial charge in [0.15, 0.2) is 0 Å². The Morgan fingerprint density at radius 2 is 1.67 bits per heavy atom. The summed E-state index contributed by atoms with van der Waals surface area (Å²) in [5, 5.41) is 0. The number of rotatable bonds is 7. The highest BCUT2D eigenvalue weighted by Gasteiger charge is 2.33. The molecule has 1 heterocycles. The molecule has 3 rings (SSSR count). The Bertz CT molecular complexity index is 729. The second-order valence-corrected chi connectivity index (χ2v) is 10.0. The lowest BCUT2D eigenvalue weighted by atomic mass is 10.1. The maximum absolute atomic E-state index is 12.8. The van der Waals surface area contributed by atoms with Gasteiger partial charge in [0, 0.05) is 31.6 Å². The van der Waals surface area contributed by atoms with Gasteiger partial charge in [-0.15, -0.1) is 0 Å². The van der Waals surface area contributed by atoms with Crippen LogP contribution < -0.4 is 0 Å². The van der Waals surface area contributed by atoms with Crippen molar-refractivity contribution in [3.05, 3.63) is 29.8 Å². The second-order valence-electron chi connectivity index (χ2n) is 8.09. The molecule has 1 aliphatic heterocycles. The van der Waals surface area contributed by atoms with Crippen LogP contribution in [0.1, 0.15) is 64.4 Å². The summed E-state index contributed by atoms with van der Waals surface area (Å²) in [6.45, 7) is 5.37. The minimum Gasteiger partial charge on any atom is -0.337 e. The number of nitrogens with zero attached hydrogens (tertiary/aromatic N) is 2. The topological polar surface area (TPSA) is 57.7 Å². The smallest absolute Gasteiger partial charge is 0.243 e. The summed E-state index contributed by atoms with van der Waals surface area (Å²) in [6.07, 6.45) is 7.45. The summed E-state index contributed by atoms with van der Waals surface area (Å²) in [6, 6.07) is 7.77. The Balaban J connectivity index is 1.60. The first-order valence-corrected chi connectivity index (χ1v) is 11.7. The molecule has 27 heavy (non-hydrogen) atoms. The highest BCUT2D eigenvalue weighted by atomic mass is 32.2. The van der Waals surface area contributed by atoms with Gasteiger partial charge < -0.3 is 4.90 Å². The summed E-state index contributed by atoms with van der Waals surface area (Å²) < 4.78 is 27.3. The van der Waals surface area contributed by atoms with E-state index in [1.165, 1.54) is 0 Å². The molecule has 1 amide bonds. The Kier molecular flexibility index (Phi) is 6.58.